The van der Waals surface area contributed by atoms with E-state index in [0.717, 1.165) is 37.0 Å². The van der Waals surface area contributed by atoms with Crippen LogP contribution >= 0.6 is 0 Å². The molecule has 0 spiro atoms. The topological polar surface area (TPSA) is 109 Å². The van der Waals surface area contributed by atoms with Gasteiger partial charge in [-0.25, -0.2) is 9.97 Å². The van der Waals surface area contributed by atoms with Gasteiger partial charge in [0.15, 0.2) is 5.78 Å². The number of carbonyl (C=O) groups is 2. The fourth-order valence-corrected chi connectivity index (χ4v) is 4.69. The van der Waals surface area contributed by atoms with Gasteiger partial charge in [-0.2, -0.15) is 0 Å². The molecule has 0 saturated heterocycles. The first-order valence-electron chi connectivity index (χ1n) is 12.2. The predicted octanol–water partition coefficient (Wildman–Crippen LogP) is 5.15. The van der Waals surface area contributed by atoms with Crippen LogP contribution in [-0.4, -0.2) is 38.7 Å². The van der Waals surface area contributed by atoms with Crippen LogP contribution in [0.1, 0.15) is 54.1 Å². The van der Waals surface area contributed by atoms with E-state index in [2.05, 4.69) is 25.6 Å². The van der Waals surface area contributed by atoms with Crippen molar-refractivity contribution in [2.45, 2.75) is 51.6 Å². The first-order valence-corrected chi connectivity index (χ1v) is 12.2. The quantitative estimate of drug-likeness (QED) is 0.314. The van der Waals surface area contributed by atoms with Gasteiger partial charge < -0.3 is 20.4 Å². The maximum absolute atomic E-state index is 13.4. The number of aromatic nitrogens is 3. The Morgan fingerprint density at radius 2 is 1.56 bits per heavy atom. The molecule has 8 heteroatoms. The smallest absolute Gasteiger partial charge is 0.217 e. The molecule has 8 nitrogen and oxygen atoms in total. The summed E-state index contributed by atoms with van der Waals surface area (Å²) in [6.45, 7) is 3.58. The van der Waals surface area contributed by atoms with Crippen molar-refractivity contribution in [2.24, 2.45) is 0 Å². The van der Waals surface area contributed by atoms with Crippen molar-refractivity contribution in [3.63, 3.8) is 0 Å². The van der Waals surface area contributed by atoms with Gasteiger partial charge in [0.2, 0.25) is 5.91 Å². The highest BCUT2D eigenvalue weighted by Crippen LogP contribution is 2.29. The second-order valence-electron chi connectivity index (χ2n) is 9.31. The molecular formula is C28H29N5O3. The lowest BCUT2D eigenvalue weighted by molar-refractivity contribution is -0.119. The molecule has 5 rings (SSSR count). The number of hydrogen-bond donors (Lipinski definition) is 3. The molecule has 0 aliphatic heterocycles. The van der Waals surface area contributed by atoms with Crippen LogP contribution in [0, 0.1) is 6.92 Å². The molecule has 0 radical (unpaired) electrons. The lowest BCUT2D eigenvalue weighted by atomic mass is 9.91. The number of anilines is 1. The standard InChI is InChI=1S/C28H29N5O3/c1-17-3-11-22(12-4-17)36-23-13-5-19(6-14-23)26(35)24-15-29-27-25(24)28(31-16-30-27)33-21-9-7-20(8-10-21)32-18(2)34/h3-6,11-16,20-21H,7-10H2,1-2H3,(H,32,34)(H2,29,30,31,33). The molecule has 0 bridgehead atoms. The summed E-state index contributed by atoms with van der Waals surface area (Å²) in [5, 5.41) is 7.20. The number of aromatic amines is 1. The first kappa shape index (κ1) is 23.5. The summed E-state index contributed by atoms with van der Waals surface area (Å²) in [7, 11) is 0. The third kappa shape index (κ3) is 5.22. The summed E-state index contributed by atoms with van der Waals surface area (Å²) in [5.74, 6) is 1.95. The normalized spacial score (nSPS) is 17.5. The maximum Gasteiger partial charge on any atom is 0.217 e. The van der Waals surface area contributed by atoms with Crippen molar-refractivity contribution in [1.82, 2.24) is 20.3 Å². The van der Waals surface area contributed by atoms with Crippen LogP contribution in [0.2, 0.25) is 0 Å². The zero-order valence-corrected chi connectivity index (χ0v) is 20.4. The largest absolute Gasteiger partial charge is 0.457 e. The van der Waals surface area contributed by atoms with E-state index in [9.17, 15) is 9.59 Å². The number of hydrogen-bond acceptors (Lipinski definition) is 6. The second-order valence-corrected chi connectivity index (χ2v) is 9.31. The van der Waals surface area contributed by atoms with Crippen LogP contribution in [0.15, 0.2) is 61.1 Å². The molecule has 184 valence electrons. The molecule has 36 heavy (non-hydrogen) atoms. The van der Waals surface area contributed by atoms with E-state index in [1.807, 2.05) is 31.2 Å². The Morgan fingerprint density at radius 3 is 2.22 bits per heavy atom. The molecular weight excluding hydrogens is 454 g/mol. The number of rotatable bonds is 7. The highest BCUT2D eigenvalue weighted by Gasteiger charge is 2.24. The van der Waals surface area contributed by atoms with Crippen molar-refractivity contribution < 1.29 is 14.3 Å². The Morgan fingerprint density at radius 1 is 0.917 bits per heavy atom. The summed E-state index contributed by atoms with van der Waals surface area (Å²) >= 11 is 0. The third-order valence-electron chi connectivity index (χ3n) is 6.56. The molecule has 2 aromatic heterocycles. The molecule has 0 unspecified atom stereocenters. The van der Waals surface area contributed by atoms with Crippen LogP contribution in [0.25, 0.3) is 11.0 Å². The van der Waals surface area contributed by atoms with Crippen molar-refractivity contribution in [3.05, 3.63) is 77.7 Å². The van der Waals surface area contributed by atoms with Gasteiger partial charge in [-0.15, -0.1) is 0 Å². The Balaban J connectivity index is 1.32. The lowest BCUT2D eigenvalue weighted by Crippen LogP contribution is -2.39. The minimum atomic E-state index is -0.115. The van der Waals surface area contributed by atoms with E-state index in [0.29, 0.717) is 33.7 Å². The van der Waals surface area contributed by atoms with Gasteiger partial charge >= 0.3 is 0 Å². The highest BCUT2D eigenvalue weighted by molar-refractivity contribution is 6.18. The van der Waals surface area contributed by atoms with E-state index in [1.165, 1.54) is 6.33 Å². The number of amides is 1. The van der Waals surface area contributed by atoms with Gasteiger partial charge in [-0.1, -0.05) is 17.7 Å². The fraction of sp³-hybridized carbons (Fsp3) is 0.286. The molecule has 1 fully saturated rings. The summed E-state index contributed by atoms with van der Waals surface area (Å²) in [5.41, 5.74) is 2.85. The summed E-state index contributed by atoms with van der Waals surface area (Å²) < 4.78 is 5.89. The van der Waals surface area contributed by atoms with Crippen molar-refractivity contribution in [1.29, 1.82) is 0 Å². The predicted molar refractivity (Wildman–Crippen MR) is 138 cm³/mol. The number of benzene rings is 2. The fourth-order valence-electron chi connectivity index (χ4n) is 4.69. The number of carbonyl (C=O) groups excluding carboxylic acids is 2. The highest BCUT2D eigenvalue weighted by atomic mass is 16.5. The molecule has 4 aromatic rings. The van der Waals surface area contributed by atoms with Gasteiger partial charge in [0, 0.05) is 30.8 Å². The molecule has 1 saturated carbocycles. The minimum Gasteiger partial charge on any atom is -0.457 e. The second kappa shape index (κ2) is 10.2. The van der Waals surface area contributed by atoms with Crippen LogP contribution in [0.3, 0.4) is 0 Å². The zero-order chi connectivity index (χ0) is 25.1. The average Bonchev–Trinajstić information content (AvgIpc) is 3.32. The zero-order valence-electron chi connectivity index (χ0n) is 20.4. The van der Waals surface area contributed by atoms with Crippen LogP contribution < -0.4 is 15.4 Å². The summed E-state index contributed by atoms with van der Waals surface area (Å²) in [6, 6.07) is 15.4. The van der Waals surface area contributed by atoms with Crippen LogP contribution in [0.4, 0.5) is 5.82 Å². The molecule has 2 heterocycles. The Labute approximate surface area is 209 Å². The van der Waals surface area contributed by atoms with Crippen molar-refractivity contribution in [2.75, 3.05) is 5.32 Å². The van der Waals surface area contributed by atoms with E-state index in [1.54, 1.807) is 37.4 Å². The number of ketones is 1. The van der Waals surface area contributed by atoms with Crippen molar-refractivity contribution >= 4 is 28.5 Å². The molecule has 1 aliphatic carbocycles. The van der Waals surface area contributed by atoms with Gasteiger partial charge in [0.1, 0.15) is 29.3 Å². The number of H-pyrrole nitrogens is 1. The van der Waals surface area contributed by atoms with Crippen LogP contribution in [-0.2, 0) is 4.79 Å². The number of nitrogens with zero attached hydrogens (tertiary/aromatic N) is 2. The number of nitrogens with one attached hydrogen (secondary N) is 3. The number of fused-ring (bicyclic) bond motifs is 1. The Bertz CT molecular complexity index is 1370. The Kier molecular flexibility index (Phi) is 6.66. The maximum atomic E-state index is 13.4. The first-order chi connectivity index (χ1) is 17.5. The minimum absolute atomic E-state index is 0.00846. The van der Waals surface area contributed by atoms with E-state index in [4.69, 9.17) is 4.74 Å². The van der Waals surface area contributed by atoms with E-state index >= 15 is 0 Å². The van der Waals surface area contributed by atoms with Crippen molar-refractivity contribution in [3.8, 4) is 11.5 Å². The van der Waals surface area contributed by atoms with Gasteiger partial charge in [-0.05, 0) is 69.0 Å². The van der Waals surface area contributed by atoms with E-state index in [-0.39, 0.29) is 23.8 Å². The Hall–Kier alpha value is -4.20. The van der Waals surface area contributed by atoms with Gasteiger partial charge in [0.25, 0.3) is 0 Å². The summed E-state index contributed by atoms with van der Waals surface area (Å²) in [6.07, 6.45) is 6.81. The van der Waals surface area contributed by atoms with Gasteiger partial charge in [-0.3, -0.25) is 9.59 Å². The third-order valence-corrected chi connectivity index (χ3v) is 6.56. The number of aryl methyl sites for hydroxylation is 1. The lowest BCUT2D eigenvalue weighted by Gasteiger charge is -2.29. The molecule has 3 N–H and O–H groups in total. The van der Waals surface area contributed by atoms with Gasteiger partial charge in [0.05, 0.1) is 10.9 Å². The summed E-state index contributed by atoms with van der Waals surface area (Å²) in [4.78, 5) is 36.7. The number of ether oxygens (including phenoxy) is 1. The van der Waals surface area contributed by atoms with E-state index < -0.39 is 0 Å². The average molecular weight is 484 g/mol. The molecule has 1 amide bonds. The molecule has 0 atom stereocenters. The SMILES string of the molecule is CC(=O)NC1CCC(Nc2ncnc3[nH]cc(C(=O)c4ccc(Oc5ccc(C)cc5)cc4)c23)CC1. The van der Waals surface area contributed by atoms with Crippen LogP contribution in [0.5, 0.6) is 11.5 Å². The monoisotopic (exact) mass is 483 g/mol. The molecule has 1 aliphatic rings. The molecule has 2 aromatic carbocycles.